The van der Waals surface area contributed by atoms with Crippen LogP contribution >= 0.6 is 0 Å². The summed E-state index contributed by atoms with van der Waals surface area (Å²) in [6, 6.07) is 3.21. The summed E-state index contributed by atoms with van der Waals surface area (Å²) in [5.41, 5.74) is 1.23. The lowest BCUT2D eigenvalue weighted by molar-refractivity contribution is 0.101. The average Bonchev–Trinajstić information content (AvgIpc) is 2.20. The summed E-state index contributed by atoms with van der Waals surface area (Å²) in [5, 5.41) is 9.61. The van der Waals surface area contributed by atoms with Gasteiger partial charge >= 0.3 is 0 Å². The highest BCUT2D eigenvalue weighted by molar-refractivity contribution is 5.97. The first kappa shape index (κ1) is 11.6. The Kier molecular flexibility index (Phi) is 3.72. The standard InChI is InChI=1S/C12H16O3/c1-4-9-6-11(14)10(8(3)13)7-12(9)15-5-2/h6-7,14H,4-5H2,1-3H3. The van der Waals surface area contributed by atoms with Gasteiger partial charge in [-0.15, -0.1) is 0 Å². The molecule has 0 aliphatic heterocycles. The number of benzene rings is 1. The van der Waals surface area contributed by atoms with Gasteiger partial charge < -0.3 is 9.84 Å². The Bertz CT molecular complexity index is 369. The van der Waals surface area contributed by atoms with E-state index in [-0.39, 0.29) is 11.5 Å². The van der Waals surface area contributed by atoms with Crippen molar-refractivity contribution in [3.8, 4) is 11.5 Å². The molecule has 0 fully saturated rings. The zero-order valence-corrected chi connectivity index (χ0v) is 9.33. The molecular formula is C12H16O3. The first-order valence-electron chi connectivity index (χ1n) is 5.09. The number of rotatable bonds is 4. The summed E-state index contributed by atoms with van der Waals surface area (Å²) in [6.45, 7) is 5.84. The SMILES string of the molecule is CCOc1cc(C(C)=O)c(O)cc1CC. The Morgan fingerprint density at radius 1 is 1.40 bits per heavy atom. The molecular weight excluding hydrogens is 192 g/mol. The lowest BCUT2D eigenvalue weighted by Crippen LogP contribution is -2.00. The molecule has 0 aliphatic rings. The predicted octanol–water partition coefficient (Wildman–Crippen LogP) is 2.56. The smallest absolute Gasteiger partial charge is 0.163 e. The van der Waals surface area contributed by atoms with Crippen LogP contribution in [0.5, 0.6) is 11.5 Å². The maximum atomic E-state index is 11.2. The predicted molar refractivity (Wildman–Crippen MR) is 58.7 cm³/mol. The van der Waals surface area contributed by atoms with E-state index in [1.165, 1.54) is 6.92 Å². The largest absolute Gasteiger partial charge is 0.507 e. The summed E-state index contributed by atoms with van der Waals surface area (Å²) in [7, 11) is 0. The van der Waals surface area contributed by atoms with Crippen LogP contribution in [-0.2, 0) is 6.42 Å². The lowest BCUT2D eigenvalue weighted by Gasteiger charge is -2.11. The van der Waals surface area contributed by atoms with Crippen molar-refractivity contribution >= 4 is 5.78 Å². The second kappa shape index (κ2) is 4.82. The molecule has 0 aromatic heterocycles. The number of phenolic OH excluding ortho intramolecular Hbond substituents is 1. The second-order valence-electron chi connectivity index (χ2n) is 3.32. The van der Waals surface area contributed by atoms with Gasteiger partial charge in [-0.05, 0) is 38.0 Å². The van der Waals surface area contributed by atoms with E-state index in [0.29, 0.717) is 17.9 Å². The van der Waals surface area contributed by atoms with Gasteiger partial charge in [-0.2, -0.15) is 0 Å². The molecule has 0 radical (unpaired) electrons. The van der Waals surface area contributed by atoms with Gasteiger partial charge in [0, 0.05) is 0 Å². The van der Waals surface area contributed by atoms with E-state index in [2.05, 4.69) is 0 Å². The number of aromatic hydroxyl groups is 1. The summed E-state index contributed by atoms with van der Waals surface area (Å²) >= 11 is 0. The number of aryl methyl sites for hydroxylation is 1. The van der Waals surface area contributed by atoms with Crippen molar-refractivity contribution in [2.24, 2.45) is 0 Å². The number of ether oxygens (including phenoxy) is 1. The molecule has 0 saturated heterocycles. The van der Waals surface area contributed by atoms with Crippen LogP contribution in [-0.4, -0.2) is 17.5 Å². The molecule has 82 valence electrons. The second-order valence-corrected chi connectivity index (χ2v) is 3.32. The maximum absolute atomic E-state index is 11.2. The molecule has 0 saturated carbocycles. The van der Waals surface area contributed by atoms with E-state index in [4.69, 9.17) is 4.74 Å². The molecule has 1 N–H and O–H groups in total. The third-order valence-corrected chi connectivity index (χ3v) is 2.24. The topological polar surface area (TPSA) is 46.5 Å². The molecule has 0 spiro atoms. The molecule has 0 heterocycles. The average molecular weight is 208 g/mol. The van der Waals surface area contributed by atoms with E-state index < -0.39 is 0 Å². The van der Waals surface area contributed by atoms with Gasteiger partial charge in [-0.1, -0.05) is 6.92 Å². The maximum Gasteiger partial charge on any atom is 0.163 e. The van der Waals surface area contributed by atoms with Crippen molar-refractivity contribution in [2.45, 2.75) is 27.2 Å². The lowest BCUT2D eigenvalue weighted by atomic mass is 10.0. The van der Waals surface area contributed by atoms with Gasteiger partial charge in [0.25, 0.3) is 0 Å². The van der Waals surface area contributed by atoms with E-state index in [1.807, 2.05) is 13.8 Å². The number of carbonyl (C=O) groups is 1. The van der Waals surface area contributed by atoms with Crippen molar-refractivity contribution in [3.63, 3.8) is 0 Å². The number of ketones is 1. The monoisotopic (exact) mass is 208 g/mol. The molecule has 1 aromatic rings. The third-order valence-electron chi connectivity index (χ3n) is 2.24. The minimum atomic E-state index is -0.156. The molecule has 1 rings (SSSR count). The summed E-state index contributed by atoms with van der Waals surface area (Å²) in [4.78, 5) is 11.2. The molecule has 0 bridgehead atoms. The summed E-state index contributed by atoms with van der Waals surface area (Å²) in [6.07, 6.45) is 0.765. The molecule has 0 unspecified atom stereocenters. The van der Waals surface area contributed by atoms with Crippen LogP contribution in [0.25, 0.3) is 0 Å². The van der Waals surface area contributed by atoms with Gasteiger partial charge in [0.1, 0.15) is 11.5 Å². The van der Waals surface area contributed by atoms with E-state index in [9.17, 15) is 9.90 Å². The Labute approximate surface area is 89.7 Å². The number of phenols is 1. The number of hydrogen-bond donors (Lipinski definition) is 1. The van der Waals surface area contributed by atoms with Crippen LogP contribution in [0.2, 0.25) is 0 Å². The van der Waals surface area contributed by atoms with Crippen LogP contribution in [0, 0.1) is 0 Å². The Hall–Kier alpha value is -1.51. The zero-order valence-electron chi connectivity index (χ0n) is 9.33. The molecule has 3 heteroatoms. The van der Waals surface area contributed by atoms with Gasteiger partial charge in [0.15, 0.2) is 5.78 Å². The fraction of sp³-hybridized carbons (Fsp3) is 0.417. The van der Waals surface area contributed by atoms with E-state index in [0.717, 1.165) is 12.0 Å². The highest BCUT2D eigenvalue weighted by Crippen LogP contribution is 2.28. The zero-order chi connectivity index (χ0) is 11.4. The minimum Gasteiger partial charge on any atom is -0.507 e. The molecule has 0 atom stereocenters. The number of hydrogen-bond acceptors (Lipinski definition) is 3. The molecule has 3 nitrogen and oxygen atoms in total. The molecule has 1 aromatic carbocycles. The number of Topliss-reactive ketones (excluding diaryl/α,β-unsaturated/α-hetero) is 1. The molecule has 0 amide bonds. The van der Waals surface area contributed by atoms with Crippen LogP contribution in [0.4, 0.5) is 0 Å². The summed E-state index contributed by atoms with van der Waals surface area (Å²) in [5.74, 6) is 0.557. The Balaban J connectivity index is 3.23. The highest BCUT2D eigenvalue weighted by atomic mass is 16.5. The fourth-order valence-corrected chi connectivity index (χ4v) is 1.46. The fourth-order valence-electron chi connectivity index (χ4n) is 1.46. The molecule has 15 heavy (non-hydrogen) atoms. The van der Waals surface area contributed by atoms with Crippen molar-refractivity contribution < 1.29 is 14.6 Å². The van der Waals surface area contributed by atoms with Gasteiger partial charge in [0.05, 0.1) is 12.2 Å². The van der Waals surface area contributed by atoms with Gasteiger partial charge in [-0.3, -0.25) is 4.79 Å². The summed E-state index contributed by atoms with van der Waals surface area (Å²) < 4.78 is 5.41. The van der Waals surface area contributed by atoms with Crippen molar-refractivity contribution in [1.82, 2.24) is 0 Å². The quantitative estimate of drug-likeness (QED) is 0.773. The van der Waals surface area contributed by atoms with Crippen LogP contribution in [0.3, 0.4) is 0 Å². The van der Waals surface area contributed by atoms with E-state index in [1.54, 1.807) is 12.1 Å². The first-order valence-corrected chi connectivity index (χ1v) is 5.09. The van der Waals surface area contributed by atoms with Gasteiger partial charge in [0.2, 0.25) is 0 Å². The third kappa shape index (κ3) is 2.49. The highest BCUT2D eigenvalue weighted by Gasteiger charge is 2.12. The van der Waals surface area contributed by atoms with Crippen molar-refractivity contribution in [1.29, 1.82) is 0 Å². The Morgan fingerprint density at radius 2 is 2.07 bits per heavy atom. The van der Waals surface area contributed by atoms with Crippen LogP contribution < -0.4 is 4.74 Å². The first-order chi connectivity index (χ1) is 7.10. The Morgan fingerprint density at radius 3 is 2.53 bits per heavy atom. The normalized spacial score (nSPS) is 10.1. The van der Waals surface area contributed by atoms with E-state index >= 15 is 0 Å². The number of carbonyl (C=O) groups excluding carboxylic acids is 1. The van der Waals surface area contributed by atoms with Crippen LogP contribution in [0.1, 0.15) is 36.7 Å². The minimum absolute atomic E-state index is 0.0304. The van der Waals surface area contributed by atoms with Crippen molar-refractivity contribution in [3.05, 3.63) is 23.3 Å². The van der Waals surface area contributed by atoms with Gasteiger partial charge in [-0.25, -0.2) is 0 Å². The molecule has 0 aliphatic carbocycles. The van der Waals surface area contributed by atoms with Crippen molar-refractivity contribution in [2.75, 3.05) is 6.61 Å². The van der Waals surface area contributed by atoms with Crippen LogP contribution in [0.15, 0.2) is 12.1 Å².